The van der Waals surface area contributed by atoms with Crippen LogP contribution < -0.4 is 9.47 Å². The second-order valence-electron chi connectivity index (χ2n) is 9.42. The molecule has 0 atom stereocenters. The van der Waals surface area contributed by atoms with Crippen LogP contribution in [0, 0.1) is 18.3 Å². The Bertz CT molecular complexity index is 1870. The van der Waals surface area contributed by atoms with Crippen molar-refractivity contribution in [1.82, 2.24) is 14.8 Å². The van der Waals surface area contributed by atoms with E-state index in [1.807, 2.05) is 115 Å². The van der Waals surface area contributed by atoms with Gasteiger partial charge in [0.05, 0.1) is 36.6 Å². The van der Waals surface area contributed by atoms with Gasteiger partial charge in [-0.15, -0.1) is 0 Å². The van der Waals surface area contributed by atoms with E-state index in [1.54, 1.807) is 14.2 Å². The molecule has 0 saturated heterocycles. The number of para-hydroxylation sites is 1. The summed E-state index contributed by atoms with van der Waals surface area (Å²) in [6.07, 6.45) is 0. The van der Waals surface area contributed by atoms with Crippen molar-refractivity contribution in [3.8, 4) is 56.9 Å². The van der Waals surface area contributed by atoms with Crippen molar-refractivity contribution in [2.45, 2.75) is 6.92 Å². The van der Waals surface area contributed by atoms with Crippen molar-refractivity contribution in [3.63, 3.8) is 0 Å². The molecule has 0 aliphatic heterocycles. The summed E-state index contributed by atoms with van der Waals surface area (Å²) in [5.41, 5.74) is 7.54. The lowest BCUT2D eigenvalue weighted by Gasteiger charge is -2.16. The van der Waals surface area contributed by atoms with Gasteiger partial charge in [-0.3, -0.25) is 0 Å². The third kappa shape index (κ3) is 4.24. The quantitative estimate of drug-likeness (QED) is 0.225. The molecule has 0 aliphatic rings. The number of hydrogen-bond acceptors (Lipinski definition) is 5. The maximum atomic E-state index is 10.7. The standard InChI is InChI=1S/C34H26N4O2/c1-22-14-16-24(17-15-22)32-28(21-35)30(27-20-26(39-2)18-19-29(27)40-3)31-33(23-10-6-4-7-11-23)37-38(34(31)36-32)25-12-8-5-9-13-25/h4-20H,1-3H3. The van der Waals surface area contributed by atoms with E-state index in [4.69, 9.17) is 19.6 Å². The molecule has 6 heteroatoms. The molecule has 2 heterocycles. The van der Waals surface area contributed by atoms with Gasteiger partial charge < -0.3 is 9.47 Å². The molecule has 0 bridgehead atoms. The molecule has 6 nitrogen and oxygen atoms in total. The number of nitrogens with zero attached hydrogens (tertiary/aromatic N) is 4. The fourth-order valence-corrected chi connectivity index (χ4v) is 5.00. The highest BCUT2D eigenvalue weighted by molar-refractivity contribution is 6.08. The first-order valence-corrected chi connectivity index (χ1v) is 12.9. The zero-order chi connectivity index (χ0) is 27.6. The normalized spacial score (nSPS) is 10.8. The molecule has 0 fully saturated rings. The molecule has 2 aromatic heterocycles. The SMILES string of the molecule is COc1ccc(OC)c(-c2c(C#N)c(-c3ccc(C)cc3)nc3c2c(-c2ccccc2)nn3-c2ccccc2)c1. The summed E-state index contributed by atoms with van der Waals surface area (Å²) < 4.78 is 13.3. The van der Waals surface area contributed by atoms with Crippen LogP contribution in [0.1, 0.15) is 11.1 Å². The summed E-state index contributed by atoms with van der Waals surface area (Å²) in [4.78, 5) is 5.16. The first-order chi connectivity index (χ1) is 19.6. The predicted molar refractivity (Wildman–Crippen MR) is 158 cm³/mol. The van der Waals surface area contributed by atoms with Crippen LogP contribution in [0.5, 0.6) is 11.5 Å². The number of pyridine rings is 1. The lowest BCUT2D eigenvalue weighted by molar-refractivity contribution is 0.404. The molecule has 0 radical (unpaired) electrons. The average molecular weight is 523 g/mol. The largest absolute Gasteiger partial charge is 0.497 e. The molecule has 6 rings (SSSR count). The zero-order valence-corrected chi connectivity index (χ0v) is 22.4. The Labute approximate surface area is 232 Å². The molecule has 0 amide bonds. The van der Waals surface area contributed by atoms with E-state index < -0.39 is 0 Å². The van der Waals surface area contributed by atoms with E-state index in [9.17, 15) is 5.26 Å². The minimum absolute atomic E-state index is 0.438. The van der Waals surface area contributed by atoms with Gasteiger partial charge in [-0.2, -0.15) is 10.4 Å². The number of hydrogen-bond donors (Lipinski definition) is 0. The van der Waals surface area contributed by atoms with Gasteiger partial charge in [-0.1, -0.05) is 78.4 Å². The number of benzene rings is 4. The molecule has 0 saturated carbocycles. The van der Waals surface area contributed by atoms with Crippen LogP contribution in [0.4, 0.5) is 0 Å². The highest BCUT2D eigenvalue weighted by atomic mass is 16.5. The lowest BCUT2D eigenvalue weighted by atomic mass is 9.91. The summed E-state index contributed by atoms with van der Waals surface area (Å²) in [6.45, 7) is 2.04. The minimum atomic E-state index is 0.438. The van der Waals surface area contributed by atoms with Gasteiger partial charge in [-0.25, -0.2) is 9.67 Å². The third-order valence-corrected chi connectivity index (χ3v) is 6.98. The number of ether oxygens (including phenoxy) is 2. The van der Waals surface area contributed by atoms with Crippen molar-refractivity contribution in [1.29, 1.82) is 5.26 Å². The Morgan fingerprint density at radius 2 is 1.43 bits per heavy atom. The Morgan fingerprint density at radius 3 is 2.08 bits per heavy atom. The number of aryl methyl sites for hydroxylation is 1. The van der Waals surface area contributed by atoms with Gasteiger partial charge in [0.25, 0.3) is 0 Å². The number of rotatable bonds is 6. The molecular formula is C34H26N4O2. The lowest BCUT2D eigenvalue weighted by Crippen LogP contribution is -2.02. The smallest absolute Gasteiger partial charge is 0.164 e. The monoisotopic (exact) mass is 522 g/mol. The van der Waals surface area contributed by atoms with Crippen LogP contribution in [0.15, 0.2) is 103 Å². The predicted octanol–water partition coefficient (Wildman–Crippen LogP) is 7.62. The van der Waals surface area contributed by atoms with E-state index in [0.29, 0.717) is 34.0 Å². The van der Waals surface area contributed by atoms with Gasteiger partial charge in [0.1, 0.15) is 23.3 Å². The van der Waals surface area contributed by atoms with E-state index in [-0.39, 0.29) is 0 Å². The maximum absolute atomic E-state index is 10.7. The average Bonchev–Trinajstić information content (AvgIpc) is 3.40. The Kier molecular flexibility index (Phi) is 6.47. The molecular weight excluding hydrogens is 496 g/mol. The second-order valence-corrected chi connectivity index (χ2v) is 9.42. The van der Waals surface area contributed by atoms with Crippen LogP contribution in [0.2, 0.25) is 0 Å². The van der Waals surface area contributed by atoms with E-state index in [2.05, 4.69) is 6.07 Å². The number of nitriles is 1. The fraction of sp³-hybridized carbons (Fsp3) is 0.0882. The van der Waals surface area contributed by atoms with Gasteiger partial charge in [0.2, 0.25) is 0 Å². The van der Waals surface area contributed by atoms with E-state index in [1.165, 1.54) is 0 Å². The molecule has 4 aromatic carbocycles. The fourth-order valence-electron chi connectivity index (χ4n) is 5.00. The summed E-state index contributed by atoms with van der Waals surface area (Å²) in [6, 6.07) is 36.0. The van der Waals surface area contributed by atoms with Crippen LogP contribution in [-0.2, 0) is 0 Å². The Hall–Kier alpha value is -5.41. The highest BCUT2D eigenvalue weighted by Gasteiger charge is 2.27. The van der Waals surface area contributed by atoms with Gasteiger partial charge in [0, 0.05) is 22.3 Å². The second kappa shape index (κ2) is 10.4. The van der Waals surface area contributed by atoms with Crippen LogP contribution >= 0.6 is 0 Å². The first-order valence-electron chi connectivity index (χ1n) is 12.9. The van der Waals surface area contributed by atoms with Crippen LogP contribution in [0.25, 0.3) is 50.4 Å². The maximum Gasteiger partial charge on any atom is 0.164 e. The number of fused-ring (bicyclic) bond motifs is 1. The van der Waals surface area contributed by atoms with Gasteiger partial charge >= 0.3 is 0 Å². The summed E-state index contributed by atoms with van der Waals surface area (Å²) in [5, 5.41) is 16.6. The van der Waals surface area contributed by atoms with Gasteiger partial charge in [0.15, 0.2) is 5.65 Å². The summed E-state index contributed by atoms with van der Waals surface area (Å²) in [5.74, 6) is 1.27. The molecule has 0 N–H and O–H groups in total. The van der Waals surface area contributed by atoms with Crippen LogP contribution in [-0.4, -0.2) is 29.0 Å². The molecule has 6 aromatic rings. The van der Waals surface area contributed by atoms with E-state index >= 15 is 0 Å². The van der Waals surface area contributed by atoms with Crippen molar-refractivity contribution in [2.24, 2.45) is 0 Å². The van der Waals surface area contributed by atoms with Gasteiger partial charge in [-0.05, 0) is 37.3 Å². The minimum Gasteiger partial charge on any atom is -0.497 e. The third-order valence-electron chi connectivity index (χ3n) is 6.98. The summed E-state index contributed by atoms with van der Waals surface area (Å²) >= 11 is 0. The molecule has 194 valence electrons. The van der Waals surface area contributed by atoms with Crippen molar-refractivity contribution in [2.75, 3.05) is 14.2 Å². The number of aromatic nitrogens is 3. The van der Waals surface area contributed by atoms with Crippen LogP contribution in [0.3, 0.4) is 0 Å². The Balaban J connectivity index is 1.84. The number of methoxy groups -OCH3 is 2. The molecule has 0 unspecified atom stereocenters. The van der Waals surface area contributed by atoms with E-state index in [0.717, 1.165) is 39.0 Å². The zero-order valence-electron chi connectivity index (χ0n) is 22.4. The van der Waals surface area contributed by atoms with Crippen molar-refractivity contribution < 1.29 is 9.47 Å². The molecule has 0 aliphatic carbocycles. The summed E-state index contributed by atoms with van der Waals surface area (Å²) in [7, 11) is 3.25. The first kappa shape index (κ1) is 24.9. The highest BCUT2D eigenvalue weighted by Crippen LogP contribution is 2.45. The Morgan fingerprint density at radius 1 is 0.750 bits per heavy atom. The van der Waals surface area contributed by atoms with Crippen molar-refractivity contribution >= 4 is 11.0 Å². The van der Waals surface area contributed by atoms with Crippen molar-refractivity contribution in [3.05, 3.63) is 114 Å². The topological polar surface area (TPSA) is 73.0 Å². The molecule has 40 heavy (non-hydrogen) atoms. The molecule has 0 spiro atoms.